The number of rotatable bonds is 4. The number of benzene rings is 2. The van der Waals surface area contributed by atoms with Gasteiger partial charge >= 0.3 is 0 Å². The Labute approximate surface area is 207 Å². The second-order valence-corrected chi connectivity index (χ2v) is 8.86. The molecule has 1 aliphatic rings. The predicted molar refractivity (Wildman–Crippen MR) is 128 cm³/mol. The third kappa shape index (κ3) is 4.05. The van der Waals surface area contributed by atoms with Crippen LogP contribution in [-0.2, 0) is 4.79 Å². The third-order valence-corrected chi connectivity index (χ3v) is 6.64. The lowest BCUT2D eigenvalue weighted by atomic mass is 10.1. The minimum atomic E-state index is -1.02. The van der Waals surface area contributed by atoms with Crippen LogP contribution >= 0.6 is 11.3 Å². The van der Waals surface area contributed by atoms with Gasteiger partial charge in [-0.25, -0.2) is 13.8 Å². The van der Waals surface area contributed by atoms with Crippen molar-refractivity contribution in [3.05, 3.63) is 70.9 Å². The Bertz CT molecular complexity index is 1530. The minimum absolute atomic E-state index is 0.0183. The zero-order chi connectivity index (χ0) is 25.6. The summed E-state index contributed by atoms with van der Waals surface area (Å²) in [6.07, 6.45) is 1.43. The first-order chi connectivity index (χ1) is 17.3. The van der Waals surface area contributed by atoms with E-state index in [1.807, 2.05) is 0 Å². The molecular formula is C24H19F2N5O4S. The van der Waals surface area contributed by atoms with Gasteiger partial charge in [0.15, 0.2) is 4.96 Å². The largest absolute Gasteiger partial charge is 0.489 e. The molecule has 0 saturated carbocycles. The molecule has 2 aromatic heterocycles. The van der Waals surface area contributed by atoms with E-state index < -0.39 is 29.5 Å². The lowest BCUT2D eigenvalue weighted by molar-refractivity contribution is -0.120. The molecule has 0 fully saturated rings. The van der Waals surface area contributed by atoms with Crippen molar-refractivity contribution in [1.82, 2.24) is 20.0 Å². The molecule has 3 heterocycles. The summed E-state index contributed by atoms with van der Waals surface area (Å²) in [4.78, 5) is 44.0. The van der Waals surface area contributed by atoms with Crippen LogP contribution in [0, 0.1) is 11.6 Å². The van der Waals surface area contributed by atoms with Crippen molar-refractivity contribution in [2.45, 2.75) is 6.04 Å². The highest BCUT2D eigenvalue weighted by atomic mass is 32.1. The molecular weight excluding hydrogens is 492 g/mol. The van der Waals surface area contributed by atoms with Crippen molar-refractivity contribution >= 4 is 39.7 Å². The van der Waals surface area contributed by atoms with Gasteiger partial charge in [0, 0.05) is 42.9 Å². The lowest BCUT2D eigenvalue weighted by Crippen LogP contribution is -2.49. The number of carbonyl (C=O) groups excluding carboxylic acids is 3. The summed E-state index contributed by atoms with van der Waals surface area (Å²) in [6, 6.07) is 6.93. The van der Waals surface area contributed by atoms with E-state index in [-0.39, 0.29) is 23.8 Å². The SMILES string of the molecule is CNC(=O)c1ccc2c(c1)OC[C@H](NC(=O)c1cn3c(-c4ccc(F)cc4F)csc3n1)C(=O)N2C. The van der Waals surface area contributed by atoms with Crippen LogP contribution in [0.3, 0.4) is 0 Å². The maximum atomic E-state index is 14.3. The molecule has 1 aliphatic heterocycles. The van der Waals surface area contributed by atoms with E-state index in [0.29, 0.717) is 27.7 Å². The molecule has 0 bridgehead atoms. The van der Waals surface area contributed by atoms with Gasteiger partial charge in [-0.1, -0.05) is 0 Å². The van der Waals surface area contributed by atoms with Crippen LogP contribution in [0.4, 0.5) is 14.5 Å². The van der Waals surface area contributed by atoms with Gasteiger partial charge in [-0.3, -0.25) is 18.8 Å². The zero-order valence-electron chi connectivity index (χ0n) is 19.0. The first-order valence-corrected chi connectivity index (χ1v) is 11.6. The Morgan fingerprint density at radius 1 is 1.17 bits per heavy atom. The Morgan fingerprint density at radius 3 is 2.72 bits per heavy atom. The monoisotopic (exact) mass is 511 g/mol. The molecule has 12 heteroatoms. The number of nitrogens with zero attached hydrogens (tertiary/aromatic N) is 3. The van der Waals surface area contributed by atoms with E-state index in [1.54, 1.807) is 24.6 Å². The average molecular weight is 512 g/mol. The van der Waals surface area contributed by atoms with Crippen LogP contribution in [0.2, 0.25) is 0 Å². The highest BCUT2D eigenvalue weighted by Crippen LogP contribution is 2.32. The molecule has 0 radical (unpaired) electrons. The second-order valence-electron chi connectivity index (χ2n) is 8.02. The molecule has 3 amide bonds. The van der Waals surface area contributed by atoms with Crippen LogP contribution in [0.25, 0.3) is 16.2 Å². The van der Waals surface area contributed by atoms with E-state index in [9.17, 15) is 23.2 Å². The summed E-state index contributed by atoms with van der Waals surface area (Å²) in [5.41, 5.74) is 1.42. The van der Waals surface area contributed by atoms with E-state index in [0.717, 1.165) is 12.1 Å². The molecule has 0 spiro atoms. The van der Waals surface area contributed by atoms with E-state index in [1.165, 1.54) is 46.0 Å². The van der Waals surface area contributed by atoms with Gasteiger partial charge in [0.1, 0.15) is 35.7 Å². The average Bonchev–Trinajstić information content (AvgIpc) is 3.43. The van der Waals surface area contributed by atoms with E-state index in [4.69, 9.17) is 4.74 Å². The van der Waals surface area contributed by atoms with E-state index >= 15 is 0 Å². The number of fused-ring (bicyclic) bond motifs is 2. The maximum absolute atomic E-state index is 14.3. The number of amides is 3. The van der Waals surface area contributed by atoms with Gasteiger partial charge < -0.3 is 20.3 Å². The number of hydrogen-bond donors (Lipinski definition) is 2. The molecule has 184 valence electrons. The molecule has 2 N–H and O–H groups in total. The Hall–Kier alpha value is -4.32. The molecule has 9 nitrogen and oxygen atoms in total. The van der Waals surface area contributed by atoms with Gasteiger partial charge in [-0.05, 0) is 30.3 Å². The number of ether oxygens (including phenoxy) is 1. The molecule has 1 atom stereocenters. The molecule has 0 saturated heterocycles. The number of nitrogens with one attached hydrogen (secondary N) is 2. The van der Waals surface area contributed by atoms with Crippen LogP contribution in [0.5, 0.6) is 5.75 Å². The smallest absolute Gasteiger partial charge is 0.272 e. The first kappa shape index (κ1) is 23.4. The summed E-state index contributed by atoms with van der Waals surface area (Å²) in [7, 11) is 3.06. The normalized spacial score (nSPS) is 15.3. The number of imidazole rings is 1. The fraction of sp³-hybridized carbons (Fsp3) is 0.167. The number of hydrogen-bond acceptors (Lipinski definition) is 6. The molecule has 4 aromatic rings. The van der Waals surface area contributed by atoms with Crippen molar-refractivity contribution in [3.63, 3.8) is 0 Å². The highest BCUT2D eigenvalue weighted by molar-refractivity contribution is 7.15. The van der Waals surface area contributed by atoms with Crippen molar-refractivity contribution in [2.24, 2.45) is 0 Å². The van der Waals surface area contributed by atoms with E-state index in [2.05, 4.69) is 15.6 Å². The number of carbonyl (C=O) groups is 3. The Balaban J connectivity index is 1.37. The highest BCUT2D eigenvalue weighted by Gasteiger charge is 2.32. The summed E-state index contributed by atoms with van der Waals surface area (Å²) in [5, 5.41) is 6.82. The van der Waals surface area contributed by atoms with Crippen molar-refractivity contribution in [2.75, 3.05) is 25.6 Å². The number of likely N-dealkylation sites (N-methyl/N-ethyl adjacent to an activating group) is 1. The summed E-state index contributed by atoms with van der Waals surface area (Å²) < 4.78 is 34.9. The number of aromatic nitrogens is 2. The molecule has 36 heavy (non-hydrogen) atoms. The number of thiazole rings is 1. The van der Waals surface area contributed by atoms with Crippen molar-refractivity contribution in [1.29, 1.82) is 0 Å². The summed E-state index contributed by atoms with van der Waals surface area (Å²) in [6.45, 7) is -0.159. The van der Waals surface area contributed by atoms with Crippen LogP contribution in [0.15, 0.2) is 48.0 Å². The standard InChI is InChI=1S/C24H19F2N5O4S/c1-27-21(32)12-3-6-18-20(7-12)35-10-17(23(34)30(18)2)28-22(33)16-9-31-19(11-36-24(31)29-16)14-5-4-13(25)8-15(14)26/h3-9,11,17H,10H2,1-2H3,(H,27,32)(H,28,33)/t17-/m0/s1. The zero-order valence-corrected chi connectivity index (χ0v) is 19.9. The van der Waals surface area contributed by atoms with Crippen molar-refractivity contribution in [3.8, 4) is 17.0 Å². The molecule has 0 unspecified atom stereocenters. The first-order valence-electron chi connectivity index (χ1n) is 10.8. The number of anilines is 1. The van der Waals surface area contributed by atoms with Gasteiger partial charge in [0.2, 0.25) is 0 Å². The minimum Gasteiger partial charge on any atom is -0.489 e. The van der Waals surface area contributed by atoms with Gasteiger partial charge in [-0.15, -0.1) is 11.3 Å². The van der Waals surface area contributed by atoms with Crippen LogP contribution in [0.1, 0.15) is 20.8 Å². The Kier molecular flexibility index (Phi) is 5.88. The van der Waals surface area contributed by atoms with Crippen molar-refractivity contribution < 1.29 is 27.9 Å². The molecule has 0 aliphatic carbocycles. The van der Waals surface area contributed by atoms with Crippen LogP contribution in [-0.4, -0.2) is 53.9 Å². The quantitative estimate of drug-likeness (QED) is 0.439. The predicted octanol–water partition coefficient (Wildman–Crippen LogP) is 2.85. The fourth-order valence-electron chi connectivity index (χ4n) is 3.91. The molecule has 5 rings (SSSR count). The maximum Gasteiger partial charge on any atom is 0.272 e. The number of halogens is 2. The second kappa shape index (κ2) is 9.04. The van der Waals surface area contributed by atoms with Gasteiger partial charge in [0.05, 0.1) is 11.4 Å². The fourth-order valence-corrected chi connectivity index (χ4v) is 4.78. The van der Waals surface area contributed by atoms with Crippen LogP contribution < -0.4 is 20.3 Å². The Morgan fingerprint density at radius 2 is 1.97 bits per heavy atom. The summed E-state index contributed by atoms with van der Waals surface area (Å²) >= 11 is 1.19. The van der Waals surface area contributed by atoms with Gasteiger partial charge in [-0.2, -0.15) is 0 Å². The summed E-state index contributed by atoms with van der Waals surface area (Å²) in [5.74, 6) is -2.44. The lowest BCUT2D eigenvalue weighted by Gasteiger charge is -2.20. The third-order valence-electron chi connectivity index (χ3n) is 5.80. The van der Waals surface area contributed by atoms with Gasteiger partial charge in [0.25, 0.3) is 17.7 Å². The topological polar surface area (TPSA) is 105 Å². The molecule has 2 aromatic carbocycles.